The van der Waals surface area contributed by atoms with Crippen molar-refractivity contribution in [1.82, 2.24) is 10.7 Å². The van der Waals surface area contributed by atoms with Crippen molar-refractivity contribution in [2.45, 2.75) is 20.3 Å². The number of nitrogens with one attached hydrogen (secondary N) is 2. The number of furan rings is 1. The van der Waals surface area contributed by atoms with Crippen LogP contribution in [0.3, 0.4) is 0 Å². The number of rotatable bonds is 7. The highest BCUT2D eigenvalue weighted by molar-refractivity contribution is 5.99. The molecular formula is C19H21N3O3. The molecule has 2 rings (SSSR count). The molecule has 1 aromatic heterocycles. The van der Waals surface area contributed by atoms with Gasteiger partial charge in [0.25, 0.3) is 5.91 Å². The smallest absolute Gasteiger partial charge is 0.259 e. The van der Waals surface area contributed by atoms with Crippen LogP contribution < -0.4 is 10.7 Å². The van der Waals surface area contributed by atoms with Crippen LogP contribution in [0.15, 0.2) is 58.3 Å². The Labute approximate surface area is 146 Å². The zero-order valence-corrected chi connectivity index (χ0v) is 14.3. The van der Waals surface area contributed by atoms with Crippen molar-refractivity contribution < 1.29 is 14.0 Å². The first-order valence-electron chi connectivity index (χ1n) is 8.00. The number of hydrogen-bond donors (Lipinski definition) is 2. The van der Waals surface area contributed by atoms with Crippen LogP contribution in [0.1, 0.15) is 30.7 Å². The molecule has 0 atom stereocenters. The van der Waals surface area contributed by atoms with Crippen molar-refractivity contribution >= 4 is 23.6 Å². The van der Waals surface area contributed by atoms with Gasteiger partial charge in [0.2, 0.25) is 5.91 Å². The maximum absolute atomic E-state index is 11.7. The summed E-state index contributed by atoms with van der Waals surface area (Å²) < 4.78 is 5.07. The Balaban J connectivity index is 1.78. The standard InChI is InChI=1S/C19H21N3O3/c1-3-15-6-8-16(9-7-15)14(2)21-22-19(24)13-20-18(23)11-10-17-5-4-12-25-17/h4-12H,3,13H2,1-2H3,(H,20,23)(H,22,24)/b11-10-,21-14-. The topological polar surface area (TPSA) is 83.7 Å². The lowest BCUT2D eigenvalue weighted by atomic mass is 10.1. The maximum atomic E-state index is 11.7. The summed E-state index contributed by atoms with van der Waals surface area (Å²) in [6.07, 6.45) is 5.31. The third-order valence-corrected chi connectivity index (χ3v) is 3.49. The molecule has 2 amide bonds. The molecule has 1 aromatic carbocycles. The highest BCUT2D eigenvalue weighted by Gasteiger charge is 2.03. The average Bonchev–Trinajstić information content (AvgIpc) is 3.16. The summed E-state index contributed by atoms with van der Waals surface area (Å²) >= 11 is 0. The minimum absolute atomic E-state index is 0.160. The van der Waals surface area contributed by atoms with E-state index in [0.717, 1.165) is 12.0 Å². The van der Waals surface area contributed by atoms with Gasteiger partial charge in [-0.05, 0) is 42.7 Å². The molecule has 130 valence electrons. The van der Waals surface area contributed by atoms with E-state index >= 15 is 0 Å². The molecule has 2 aromatic rings. The number of amides is 2. The van der Waals surface area contributed by atoms with Crippen LogP contribution >= 0.6 is 0 Å². The normalized spacial score (nSPS) is 11.5. The molecule has 0 aliphatic carbocycles. The molecule has 25 heavy (non-hydrogen) atoms. The van der Waals surface area contributed by atoms with E-state index in [1.807, 2.05) is 31.2 Å². The second kappa shape index (κ2) is 9.22. The molecule has 6 nitrogen and oxygen atoms in total. The first-order chi connectivity index (χ1) is 12.1. The largest absolute Gasteiger partial charge is 0.465 e. The van der Waals surface area contributed by atoms with Crippen LogP contribution in [-0.4, -0.2) is 24.1 Å². The van der Waals surface area contributed by atoms with Gasteiger partial charge >= 0.3 is 0 Å². The van der Waals surface area contributed by atoms with Crippen LogP contribution in [0.2, 0.25) is 0 Å². The Hall–Kier alpha value is -3.15. The molecule has 0 radical (unpaired) electrons. The third-order valence-electron chi connectivity index (χ3n) is 3.49. The van der Waals surface area contributed by atoms with Gasteiger partial charge in [-0.3, -0.25) is 9.59 Å². The van der Waals surface area contributed by atoms with Crippen molar-refractivity contribution in [3.63, 3.8) is 0 Å². The monoisotopic (exact) mass is 339 g/mol. The summed E-state index contributed by atoms with van der Waals surface area (Å²) in [5, 5.41) is 6.52. The molecule has 0 fully saturated rings. The van der Waals surface area contributed by atoms with Gasteiger partial charge in [0, 0.05) is 6.08 Å². The van der Waals surface area contributed by atoms with E-state index < -0.39 is 5.91 Å². The molecule has 0 saturated heterocycles. The number of hydrogen-bond acceptors (Lipinski definition) is 4. The fraction of sp³-hybridized carbons (Fsp3) is 0.211. The Morgan fingerprint density at radius 2 is 1.96 bits per heavy atom. The van der Waals surface area contributed by atoms with Crippen LogP contribution in [0, 0.1) is 0 Å². The van der Waals surface area contributed by atoms with E-state index in [-0.39, 0.29) is 12.5 Å². The summed E-state index contributed by atoms with van der Waals surface area (Å²) in [6, 6.07) is 11.4. The van der Waals surface area contributed by atoms with Crippen molar-refractivity contribution in [2.24, 2.45) is 5.10 Å². The van der Waals surface area contributed by atoms with Crippen molar-refractivity contribution in [3.8, 4) is 0 Å². The Morgan fingerprint density at radius 3 is 2.60 bits per heavy atom. The number of benzene rings is 1. The quantitative estimate of drug-likeness (QED) is 0.462. The lowest BCUT2D eigenvalue weighted by molar-refractivity contribution is -0.123. The number of aryl methyl sites for hydroxylation is 1. The Morgan fingerprint density at radius 1 is 1.20 bits per heavy atom. The van der Waals surface area contributed by atoms with Crippen LogP contribution in [0.25, 0.3) is 6.08 Å². The van der Waals surface area contributed by atoms with E-state index in [4.69, 9.17) is 4.42 Å². The molecule has 0 aliphatic rings. The van der Waals surface area contributed by atoms with Gasteiger partial charge in [-0.1, -0.05) is 31.2 Å². The van der Waals surface area contributed by atoms with Crippen molar-refractivity contribution in [2.75, 3.05) is 6.54 Å². The lowest BCUT2D eigenvalue weighted by Crippen LogP contribution is -2.34. The zero-order chi connectivity index (χ0) is 18.1. The van der Waals surface area contributed by atoms with Gasteiger partial charge in [-0.15, -0.1) is 0 Å². The van der Waals surface area contributed by atoms with Crippen molar-refractivity contribution in [3.05, 3.63) is 65.6 Å². The van der Waals surface area contributed by atoms with E-state index in [1.165, 1.54) is 24.0 Å². The third kappa shape index (κ3) is 6.10. The Kier molecular flexibility index (Phi) is 6.71. The number of carbonyl (C=O) groups excluding carboxylic acids is 2. The second-order valence-electron chi connectivity index (χ2n) is 5.35. The first kappa shape index (κ1) is 18.2. The van der Waals surface area contributed by atoms with Crippen LogP contribution in [0.4, 0.5) is 0 Å². The summed E-state index contributed by atoms with van der Waals surface area (Å²) in [7, 11) is 0. The molecule has 0 spiro atoms. The highest BCUT2D eigenvalue weighted by atomic mass is 16.3. The predicted molar refractivity (Wildman–Crippen MR) is 96.9 cm³/mol. The highest BCUT2D eigenvalue weighted by Crippen LogP contribution is 2.06. The Bertz CT molecular complexity index is 760. The molecule has 0 aliphatic heterocycles. The summed E-state index contributed by atoms with van der Waals surface area (Å²) in [5.41, 5.74) is 5.30. The zero-order valence-electron chi connectivity index (χ0n) is 14.3. The van der Waals surface area contributed by atoms with E-state index in [0.29, 0.717) is 11.5 Å². The first-order valence-corrected chi connectivity index (χ1v) is 8.00. The molecule has 0 saturated carbocycles. The summed E-state index contributed by atoms with van der Waals surface area (Å²) in [4.78, 5) is 23.3. The fourth-order valence-electron chi connectivity index (χ4n) is 2.00. The van der Waals surface area contributed by atoms with E-state index in [1.54, 1.807) is 12.1 Å². The lowest BCUT2D eigenvalue weighted by Gasteiger charge is -2.04. The molecule has 2 N–H and O–H groups in total. The number of hydrazone groups is 1. The van der Waals surface area contributed by atoms with Gasteiger partial charge in [0.15, 0.2) is 0 Å². The fourth-order valence-corrected chi connectivity index (χ4v) is 2.00. The van der Waals surface area contributed by atoms with Gasteiger partial charge in [-0.2, -0.15) is 5.10 Å². The second-order valence-corrected chi connectivity index (χ2v) is 5.35. The van der Waals surface area contributed by atoms with Crippen LogP contribution in [0.5, 0.6) is 0 Å². The average molecular weight is 339 g/mol. The van der Waals surface area contributed by atoms with Crippen LogP contribution in [-0.2, 0) is 16.0 Å². The van der Waals surface area contributed by atoms with Gasteiger partial charge < -0.3 is 9.73 Å². The van der Waals surface area contributed by atoms with Gasteiger partial charge in [-0.25, -0.2) is 5.43 Å². The van der Waals surface area contributed by atoms with E-state index in [9.17, 15) is 9.59 Å². The molecule has 6 heteroatoms. The SMILES string of the molecule is CCc1ccc(/C(C)=N\NC(=O)CNC(=O)/C=C\c2ccco2)cc1. The van der Waals surface area contributed by atoms with E-state index in [2.05, 4.69) is 22.8 Å². The number of nitrogens with zero attached hydrogens (tertiary/aromatic N) is 1. The molecule has 0 bridgehead atoms. The predicted octanol–water partition coefficient (Wildman–Crippen LogP) is 2.51. The molecular weight excluding hydrogens is 318 g/mol. The summed E-state index contributed by atoms with van der Waals surface area (Å²) in [5.74, 6) is -0.222. The molecule has 1 heterocycles. The minimum Gasteiger partial charge on any atom is -0.465 e. The number of carbonyl (C=O) groups is 2. The summed E-state index contributed by atoms with van der Waals surface area (Å²) in [6.45, 7) is 3.74. The maximum Gasteiger partial charge on any atom is 0.259 e. The van der Waals surface area contributed by atoms with Gasteiger partial charge in [0.1, 0.15) is 5.76 Å². The minimum atomic E-state index is -0.399. The van der Waals surface area contributed by atoms with Crippen molar-refractivity contribution in [1.29, 1.82) is 0 Å². The van der Waals surface area contributed by atoms with Gasteiger partial charge in [0.05, 0.1) is 18.5 Å². The molecule has 0 unspecified atom stereocenters.